The molecule has 5 nitrogen and oxygen atoms in total. The van der Waals surface area contributed by atoms with E-state index in [2.05, 4.69) is 5.16 Å². The van der Waals surface area contributed by atoms with Crippen LogP contribution in [-0.4, -0.2) is 35.4 Å². The number of carbonyl (C=O) groups excluding carboxylic acids is 1. The van der Waals surface area contributed by atoms with Gasteiger partial charge in [0, 0.05) is 20.0 Å². The zero-order chi connectivity index (χ0) is 13.5. The first kappa shape index (κ1) is 14.0. The van der Waals surface area contributed by atoms with Crippen LogP contribution in [-0.2, 0) is 11.2 Å². The standard InChI is InChI=1S/C13H19N3O2/c1-10-3-5-11(6-4-10)9-13(17)16(2)8-7-12(14)15-18/h3-6,18H,7-9H2,1-2H3,(H2,14,15). The van der Waals surface area contributed by atoms with Crippen LogP contribution in [0.5, 0.6) is 0 Å². The van der Waals surface area contributed by atoms with Gasteiger partial charge >= 0.3 is 0 Å². The number of oxime groups is 1. The zero-order valence-electron chi connectivity index (χ0n) is 10.8. The minimum absolute atomic E-state index is 0.0181. The molecule has 0 aromatic heterocycles. The highest BCUT2D eigenvalue weighted by atomic mass is 16.4. The lowest BCUT2D eigenvalue weighted by molar-refractivity contribution is -0.129. The summed E-state index contributed by atoms with van der Waals surface area (Å²) in [6.07, 6.45) is 0.736. The van der Waals surface area contributed by atoms with Crippen LogP contribution in [0.4, 0.5) is 0 Å². The lowest BCUT2D eigenvalue weighted by Crippen LogP contribution is -2.31. The quantitative estimate of drug-likeness (QED) is 0.355. The van der Waals surface area contributed by atoms with Crippen molar-refractivity contribution in [3.63, 3.8) is 0 Å². The van der Waals surface area contributed by atoms with E-state index in [4.69, 9.17) is 10.9 Å². The predicted octanol–water partition coefficient (Wildman–Crippen LogP) is 1.13. The zero-order valence-corrected chi connectivity index (χ0v) is 10.8. The average Bonchev–Trinajstić information content (AvgIpc) is 2.38. The molecule has 0 saturated heterocycles. The van der Waals surface area contributed by atoms with Gasteiger partial charge in [0.05, 0.1) is 6.42 Å². The number of benzene rings is 1. The summed E-state index contributed by atoms with van der Waals surface area (Å²) in [6, 6.07) is 7.87. The number of amidine groups is 1. The molecule has 5 heteroatoms. The SMILES string of the molecule is Cc1ccc(CC(=O)N(C)CC/C(N)=N/O)cc1. The molecule has 0 fully saturated rings. The Hall–Kier alpha value is -2.04. The maximum Gasteiger partial charge on any atom is 0.226 e. The van der Waals surface area contributed by atoms with Gasteiger partial charge in [0.1, 0.15) is 5.84 Å². The van der Waals surface area contributed by atoms with Gasteiger partial charge in [0.25, 0.3) is 0 Å². The molecule has 1 amide bonds. The van der Waals surface area contributed by atoms with Crippen molar-refractivity contribution in [2.75, 3.05) is 13.6 Å². The molecule has 0 spiro atoms. The average molecular weight is 249 g/mol. The third-order valence-corrected chi connectivity index (χ3v) is 2.73. The second-order valence-corrected chi connectivity index (χ2v) is 4.32. The van der Waals surface area contributed by atoms with E-state index in [1.165, 1.54) is 5.56 Å². The Labute approximate surface area is 107 Å². The molecule has 0 atom stereocenters. The molecule has 1 aromatic carbocycles. The lowest BCUT2D eigenvalue weighted by atomic mass is 10.1. The number of amides is 1. The van der Waals surface area contributed by atoms with E-state index >= 15 is 0 Å². The maximum atomic E-state index is 11.9. The molecule has 98 valence electrons. The number of hydrogen-bond acceptors (Lipinski definition) is 3. The van der Waals surface area contributed by atoms with Crippen molar-refractivity contribution in [1.82, 2.24) is 4.90 Å². The molecule has 0 radical (unpaired) electrons. The number of rotatable bonds is 5. The van der Waals surface area contributed by atoms with E-state index in [0.29, 0.717) is 19.4 Å². The Morgan fingerprint density at radius 1 is 1.39 bits per heavy atom. The Balaban J connectivity index is 2.47. The fourth-order valence-corrected chi connectivity index (χ4v) is 1.47. The van der Waals surface area contributed by atoms with E-state index in [1.54, 1.807) is 11.9 Å². The van der Waals surface area contributed by atoms with Crippen molar-refractivity contribution in [3.8, 4) is 0 Å². The second kappa shape index (κ2) is 6.64. The van der Waals surface area contributed by atoms with Crippen LogP contribution in [0.15, 0.2) is 29.4 Å². The van der Waals surface area contributed by atoms with Crippen molar-refractivity contribution in [3.05, 3.63) is 35.4 Å². The van der Waals surface area contributed by atoms with E-state index in [1.807, 2.05) is 31.2 Å². The van der Waals surface area contributed by atoms with Crippen molar-refractivity contribution < 1.29 is 10.0 Å². The molecule has 0 saturated carbocycles. The van der Waals surface area contributed by atoms with Gasteiger partial charge in [0.15, 0.2) is 0 Å². The summed E-state index contributed by atoms with van der Waals surface area (Å²) in [5.74, 6) is 0.148. The lowest BCUT2D eigenvalue weighted by Gasteiger charge is -2.16. The highest BCUT2D eigenvalue weighted by molar-refractivity contribution is 5.82. The summed E-state index contributed by atoms with van der Waals surface area (Å²) in [4.78, 5) is 13.5. The Morgan fingerprint density at radius 2 is 2.00 bits per heavy atom. The summed E-state index contributed by atoms with van der Waals surface area (Å²) in [5, 5.41) is 11.3. The Morgan fingerprint density at radius 3 is 2.56 bits per heavy atom. The smallest absolute Gasteiger partial charge is 0.226 e. The topological polar surface area (TPSA) is 78.9 Å². The molecule has 0 heterocycles. The monoisotopic (exact) mass is 249 g/mol. The van der Waals surface area contributed by atoms with Crippen molar-refractivity contribution in [2.45, 2.75) is 19.8 Å². The highest BCUT2D eigenvalue weighted by Gasteiger charge is 2.09. The van der Waals surface area contributed by atoms with Crippen LogP contribution in [0, 0.1) is 6.92 Å². The summed E-state index contributed by atoms with van der Waals surface area (Å²) in [5.41, 5.74) is 7.51. The summed E-state index contributed by atoms with van der Waals surface area (Å²) >= 11 is 0. The van der Waals surface area contributed by atoms with Gasteiger partial charge in [-0.15, -0.1) is 0 Å². The second-order valence-electron chi connectivity index (χ2n) is 4.32. The third kappa shape index (κ3) is 4.45. The van der Waals surface area contributed by atoms with E-state index < -0.39 is 0 Å². The van der Waals surface area contributed by atoms with Gasteiger partial charge < -0.3 is 15.8 Å². The molecular formula is C13H19N3O2. The maximum absolute atomic E-state index is 11.9. The number of carbonyl (C=O) groups is 1. The van der Waals surface area contributed by atoms with Crippen LogP contribution < -0.4 is 5.73 Å². The van der Waals surface area contributed by atoms with Crippen molar-refractivity contribution in [2.24, 2.45) is 10.9 Å². The molecule has 0 bridgehead atoms. The number of likely N-dealkylation sites (N-methyl/N-ethyl adjacent to an activating group) is 1. The minimum atomic E-state index is 0.0181. The summed E-state index contributed by atoms with van der Waals surface area (Å²) in [7, 11) is 1.71. The number of nitrogens with two attached hydrogens (primary N) is 1. The normalized spacial score (nSPS) is 11.3. The molecule has 3 N–H and O–H groups in total. The number of nitrogens with zero attached hydrogens (tertiary/aromatic N) is 2. The van der Waals surface area contributed by atoms with Gasteiger partial charge in [-0.2, -0.15) is 0 Å². The van der Waals surface area contributed by atoms with Gasteiger partial charge in [0.2, 0.25) is 5.91 Å². The van der Waals surface area contributed by atoms with Crippen LogP contribution in [0.1, 0.15) is 17.5 Å². The van der Waals surface area contributed by atoms with E-state index in [-0.39, 0.29) is 11.7 Å². The molecule has 0 aliphatic rings. The molecule has 1 aromatic rings. The van der Waals surface area contributed by atoms with Crippen LogP contribution in [0.3, 0.4) is 0 Å². The van der Waals surface area contributed by atoms with E-state index in [0.717, 1.165) is 5.56 Å². The van der Waals surface area contributed by atoms with Gasteiger partial charge in [-0.1, -0.05) is 35.0 Å². The van der Waals surface area contributed by atoms with Gasteiger partial charge in [-0.3, -0.25) is 4.79 Å². The van der Waals surface area contributed by atoms with Crippen LogP contribution in [0.25, 0.3) is 0 Å². The Bertz CT molecular complexity index is 426. The molecule has 1 rings (SSSR count). The highest BCUT2D eigenvalue weighted by Crippen LogP contribution is 2.05. The predicted molar refractivity (Wildman–Crippen MR) is 70.5 cm³/mol. The van der Waals surface area contributed by atoms with Gasteiger partial charge in [-0.05, 0) is 12.5 Å². The summed E-state index contributed by atoms with van der Waals surface area (Å²) in [6.45, 7) is 2.45. The summed E-state index contributed by atoms with van der Waals surface area (Å²) < 4.78 is 0. The first-order valence-electron chi connectivity index (χ1n) is 5.79. The fourth-order valence-electron chi connectivity index (χ4n) is 1.47. The Kier molecular flexibility index (Phi) is 5.17. The number of aryl methyl sites for hydroxylation is 1. The van der Waals surface area contributed by atoms with Crippen molar-refractivity contribution in [1.29, 1.82) is 0 Å². The largest absolute Gasteiger partial charge is 0.409 e. The first-order valence-corrected chi connectivity index (χ1v) is 5.79. The molecule has 0 unspecified atom stereocenters. The van der Waals surface area contributed by atoms with Crippen molar-refractivity contribution >= 4 is 11.7 Å². The van der Waals surface area contributed by atoms with Crippen LogP contribution >= 0.6 is 0 Å². The molecule has 0 aliphatic heterocycles. The van der Waals surface area contributed by atoms with Crippen LogP contribution in [0.2, 0.25) is 0 Å². The fraction of sp³-hybridized carbons (Fsp3) is 0.385. The molecule has 0 aliphatic carbocycles. The minimum Gasteiger partial charge on any atom is -0.409 e. The first-order chi connectivity index (χ1) is 8.52. The van der Waals surface area contributed by atoms with Gasteiger partial charge in [-0.25, -0.2) is 0 Å². The molecule has 18 heavy (non-hydrogen) atoms. The third-order valence-electron chi connectivity index (χ3n) is 2.73. The van der Waals surface area contributed by atoms with E-state index in [9.17, 15) is 4.79 Å². The molecular weight excluding hydrogens is 230 g/mol. The number of hydrogen-bond donors (Lipinski definition) is 2.